The maximum absolute atomic E-state index is 13.8. The highest BCUT2D eigenvalue weighted by molar-refractivity contribution is 5.25. The third-order valence-electron chi connectivity index (χ3n) is 4.02. The molecule has 0 aliphatic heterocycles. The van der Waals surface area contributed by atoms with Crippen LogP contribution in [0, 0.1) is 17.0 Å². The van der Waals surface area contributed by atoms with E-state index in [4.69, 9.17) is 0 Å². The summed E-state index contributed by atoms with van der Waals surface area (Å²) in [6, 6.07) is 3.84. The zero-order valence-electron chi connectivity index (χ0n) is 10.4. The lowest BCUT2D eigenvalue weighted by Gasteiger charge is -2.34. The van der Waals surface area contributed by atoms with Crippen LogP contribution in [0.1, 0.15) is 44.2 Å². The van der Waals surface area contributed by atoms with E-state index in [1.807, 2.05) is 0 Å². The van der Waals surface area contributed by atoms with Crippen molar-refractivity contribution in [3.8, 4) is 0 Å². The van der Waals surface area contributed by atoms with Crippen LogP contribution in [0.4, 0.5) is 8.78 Å². The fraction of sp³-hybridized carbons (Fsp3) is 0.571. The van der Waals surface area contributed by atoms with E-state index in [0.717, 1.165) is 25.7 Å². The van der Waals surface area contributed by atoms with Gasteiger partial charge in [-0.25, -0.2) is 8.78 Å². The molecule has 2 rings (SSSR count). The van der Waals surface area contributed by atoms with E-state index in [1.165, 1.54) is 18.2 Å². The molecular weight excluding hydrogens is 220 g/mol. The summed E-state index contributed by atoms with van der Waals surface area (Å²) in [5.74, 6) is -0.894. The Morgan fingerprint density at radius 3 is 2.18 bits per heavy atom. The summed E-state index contributed by atoms with van der Waals surface area (Å²) in [6.07, 6.45) is 4.33. The van der Waals surface area contributed by atoms with Crippen molar-refractivity contribution in [1.29, 1.82) is 0 Å². The molecule has 0 amide bonds. The van der Waals surface area contributed by atoms with Crippen LogP contribution in [0.15, 0.2) is 18.2 Å². The Labute approximate surface area is 101 Å². The predicted octanol–water partition coefficient (Wildman–Crippen LogP) is 3.81. The first-order valence-electron chi connectivity index (χ1n) is 6.20. The van der Waals surface area contributed by atoms with Gasteiger partial charge in [-0.2, -0.15) is 0 Å². The van der Waals surface area contributed by atoms with E-state index in [1.54, 1.807) is 7.05 Å². The van der Waals surface area contributed by atoms with Gasteiger partial charge in [0.15, 0.2) is 0 Å². The average Bonchev–Trinajstić information content (AvgIpc) is 2.71. The Bertz CT molecular complexity index is 377. The third kappa shape index (κ3) is 2.21. The molecule has 0 bridgehead atoms. The Kier molecular flexibility index (Phi) is 3.48. The van der Waals surface area contributed by atoms with Crippen molar-refractivity contribution in [3.05, 3.63) is 35.4 Å². The number of nitrogens with one attached hydrogen (secondary N) is 1. The maximum atomic E-state index is 13.8. The summed E-state index contributed by atoms with van der Waals surface area (Å²) in [6.45, 7) is 2.12. The van der Waals surface area contributed by atoms with Crippen molar-refractivity contribution in [1.82, 2.24) is 5.32 Å². The van der Waals surface area contributed by atoms with Gasteiger partial charge in [0.25, 0.3) is 0 Å². The average molecular weight is 239 g/mol. The molecule has 1 fully saturated rings. The summed E-state index contributed by atoms with van der Waals surface area (Å²) >= 11 is 0. The molecule has 1 aliphatic carbocycles. The molecular formula is C14H19F2N. The van der Waals surface area contributed by atoms with Gasteiger partial charge in [-0.15, -0.1) is 0 Å². The molecule has 0 radical (unpaired) electrons. The highest BCUT2D eigenvalue weighted by Gasteiger charge is 2.39. The van der Waals surface area contributed by atoms with Gasteiger partial charge in [-0.3, -0.25) is 0 Å². The first-order chi connectivity index (χ1) is 8.08. The molecule has 1 atom stereocenters. The minimum Gasteiger partial charge on any atom is -0.312 e. The van der Waals surface area contributed by atoms with Crippen molar-refractivity contribution in [2.24, 2.45) is 5.41 Å². The summed E-state index contributed by atoms with van der Waals surface area (Å²) in [4.78, 5) is 0. The van der Waals surface area contributed by atoms with Gasteiger partial charge in [0, 0.05) is 11.6 Å². The van der Waals surface area contributed by atoms with Crippen molar-refractivity contribution >= 4 is 0 Å². The zero-order chi connectivity index (χ0) is 12.5. The molecule has 1 N–H and O–H groups in total. The van der Waals surface area contributed by atoms with Crippen LogP contribution in [-0.2, 0) is 0 Å². The maximum Gasteiger partial charge on any atom is 0.130 e. The second-order valence-electron chi connectivity index (χ2n) is 5.22. The van der Waals surface area contributed by atoms with Crippen LogP contribution >= 0.6 is 0 Å². The minimum absolute atomic E-state index is 0.0439. The SMILES string of the molecule is CNC(c1c(F)cccc1F)C1(C)CCCC1. The van der Waals surface area contributed by atoms with Crippen molar-refractivity contribution in [3.63, 3.8) is 0 Å². The fourth-order valence-corrected chi connectivity index (χ4v) is 3.10. The van der Waals surface area contributed by atoms with E-state index in [-0.39, 0.29) is 17.0 Å². The number of halogens is 2. The van der Waals surface area contributed by atoms with E-state index < -0.39 is 11.6 Å². The van der Waals surface area contributed by atoms with Gasteiger partial charge in [-0.1, -0.05) is 25.8 Å². The minimum atomic E-state index is -0.447. The van der Waals surface area contributed by atoms with Crippen molar-refractivity contribution < 1.29 is 8.78 Å². The standard InChI is InChI=1S/C14H19F2N/c1-14(8-3-4-9-14)13(17-2)12-10(15)6-5-7-11(12)16/h5-7,13,17H,3-4,8-9H2,1-2H3. The molecule has 0 spiro atoms. The molecule has 1 unspecified atom stereocenters. The summed E-state index contributed by atoms with van der Waals surface area (Å²) in [5.41, 5.74) is 0.150. The Morgan fingerprint density at radius 1 is 1.18 bits per heavy atom. The lowest BCUT2D eigenvalue weighted by molar-refractivity contribution is 0.223. The Hall–Kier alpha value is -0.960. The number of hydrogen-bond donors (Lipinski definition) is 1. The highest BCUT2D eigenvalue weighted by atomic mass is 19.1. The molecule has 3 heteroatoms. The van der Waals surface area contributed by atoms with Gasteiger partial charge in [0.2, 0.25) is 0 Å². The van der Waals surface area contributed by atoms with Crippen LogP contribution in [-0.4, -0.2) is 7.05 Å². The third-order valence-corrected chi connectivity index (χ3v) is 4.02. The molecule has 94 valence electrons. The summed E-state index contributed by atoms with van der Waals surface area (Å²) in [5, 5.41) is 3.10. The second-order valence-corrected chi connectivity index (χ2v) is 5.22. The molecule has 1 saturated carbocycles. The lowest BCUT2D eigenvalue weighted by Crippen LogP contribution is -2.33. The van der Waals surface area contributed by atoms with Gasteiger partial charge in [0.1, 0.15) is 11.6 Å². The van der Waals surface area contributed by atoms with Crippen LogP contribution < -0.4 is 5.32 Å². The van der Waals surface area contributed by atoms with Gasteiger partial charge in [-0.05, 0) is 37.4 Å². The summed E-state index contributed by atoms with van der Waals surface area (Å²) in [7, 11) is 1.78. The smallest absolute Gasteiger partial charge is 0.130 e. The first-order valence-corrected chi connectivity index (χ1v) is 6.20. The van der Waals surface area contributed by atoms with E-state index in [9.17, 15) is 8.78 Å². The van der Waals surface area contributed by atoms with Crippen LogP contribution in [0.2, 0.25) is 0 Å². The fourth-order valence-electron chi connectivity index (χ4n) is 3.10. The number of hydrogen-bond acceptors (Lipinski definition) is 1. The number of benzene rings is 1. The molecule has 0 saturated heterocycles. The Balaban J connectivity index is 2.41. The zero-order valence-corrected chi connectivity index (χ0v) is 10.4. The normalized spacial score (nSPS) is 20.5. The van der Waals surface area contributed by atoms with Gasteiger partial charge < -0.3 is 5.32 Å². The quantitative estimate of drug-likeness (QED) is 0.845. The van der Waals surface area contributed by atoms with E-state index >= 15 is 0 Å². The van der Waals surface area contributed by atoms with Crippen LogP contribution in [0.5, 0.6) is 0 Å². The largest absolute Gasteiger partial charge is 0.312 e. The van der Waals surface area contributed by atoms with Crippen LogP contribution in [0.3, 0.4) is 0 Å². The molecule has 1 aromatic carbocycles. The monoisotopic (exact) mass is 239 g/mol. The topological polar surface area (TPSA) is 12.0 Å². The predicted molar refractivity (Wildman–Crippen MR) is 64.7 cm³/mol. The highest BCUT2D eigenvalue weighted by Crippen LogP contribution is 2.47. The van der Waals surface area contributed by atoms with Gasteiger partial charge >= 0.3 is 0 Å². The lowest BCUT2D eigenvalue weighted by atomic mass is 9.77. The van der Waals surface area contributed by atoms with E-state index in [2.05, 4.69) is 12.2 Å². The Morgan fingerprint density at radius 2 is 1.71 bits per heavy atom. The number of rotatable bonds is 3. The summed E-state index contributed by atoms with van der Waals surface area (Å²) < 4.78 is 27.7. The molecule has 1 nitrogen and oxygen atoms in total. The molecule has 0 heterocycles. The molecule has 1 aromatic rings. The van der Waals surface area contributed by atoms with Crippen molar-refractivity contribution in [2.75, 3.05) is 7.05 Å². The van der Waals surface area contributed by atoms with Crippen molar-refractivity contribution in [2.45, 2.75) is 38.6 Å². The second kappa shape index (κ2) is 4.73. The molecule has 1 aliphatic rings. The van der Waals surface area contributed by atoms with E-state index in [0.29, 0.717) is 0 Å². The van der Waals surface area contributed by atoms with Gasteiger partial charge in [0.05, 0.1) is 0 Å². The van der Waals surface area contributed by atoms with Crippen LogP contribution in [0.25, 0.3) is 0 Å². The molecule has 17 heavy (non-hydrogen) atoms. The molecule has 0 aromatic heterocycles. The first kappa shape index (κ1) is 12.5.